The van der Waals surface area contributed by atoms with Gasteiger partial charge in [0.05, 0.1) is 0 Å². The van der Waals surface area contributed by atoms with Gasteiger partial charge in [0.15, 0.2) is 0 Å². The van der Waals surface area contributed by atoms with E-state index in [9.17, 15) is 0 Å². The van der Waals surface area contributed by atoms with Crippen LogP contribution < -0.4 is 0 Å². The predicted molar refractivity (Wildman–Crippen MR) is 63.8 cm³/mol. The Labute approximate surface area is 90.2 Å². The molecule has 0 fully saturated rings. The van der Waals surface area contributed by atoms with Crippen LogP contribution in [0, 0.1) is 0 Å². The molecule has 0 bridgehead atoms. The Morgan fingerprint density at radius 1 is 0.857 bits per heavy atom. The van der Waals surface area contributed by atoms with Gasteiger partial charge in [-0.3, -0.25) is 0 Å². The van der Waals surface area contributed by atoms with E-state index >= 15 is 0 Å². The van der Waals surface area contributed by atoms with E-state index in [0.717, 1.165) is 32.1 Å². The van der Waals surface area contributed by atoms with Gasteiger partial charge in [-0.15, -0.1) is 0 Å². The first-order valence-corrected chi connectivity index (χ1v) is 8.48. The third-order valence-corrected chi connectivity index (χ3v) is 5.37. The molecule has 0 saturated carbocycles. The summed E-state index contributed by atoms with van der Waals surface area (Å²) in [5.41, 5.74) is 0. The number of unbranched alkanes of at least 4 members (excludes halogenated alkanes) is 2. The summed E-state index contributed by atoms with van der Waals surface area (Å²) in [4.78, 5) is 0. The van der Waals surface area contributed by atoms with E-state index in [1.54, 1.807) is 0 Å². The average molecular weight is 218 g/mol. The van der Waals surface area contributed by atoms with E-state index in [1.807, 2.05) is 0 Å². The Bertz CT molecular complexity index is 118. The summed E-state index contributed by atoms with van der Waals surface area (Å²) in [6.45, 7) is 10.5. The minimum Gasteiger partial charge on any atom is -0.394 e. The molecule has 3 heteroatoms. The highest BCUT2D eigenvalue weighted by atomic mass is 28.4. The second kappa shape index (κ2) is 8.45. The van der Waals surface area contributed by atoms with Crippen molar-refractivity contribution in [1.82, 2.24) is 0 Å². The fourth-order valence-electron chi connectivity index (χ4n) is 1.11. The van der Waals surface area contributed by atoms with Crippen molar-refractivity contribution in [3.05, 3.63) is 0 Å². The zero-order valence-electron chi connectivity index (χ0n) is 10.3. The summed E-state index contributed by atoms with van der Waals surface area (Å²) in [6.07, 6.45) is 4.70. The van der Waals surface area contributed by atoms with Crippen LogP contribution in [0.1, 0.15) is 46.5 Å². The first kappa shape index (κ1) is 14.1. The Kier molecular flexibility index (Phi) is 8.53. The fourth-order valence-corrected chi connectivity index (χ4v) is 2.75. The zero-order valence-corrected chi connectivity index (χ0v) is 11.3. The summed E-state index contributed by atoms with van der Waals surface area (Å²) in [6, 6.07) is 1.06. The quantitative estimate of drug-likeness (QED) is 0.434. The van der Waals surface area contributed by atoms with Crippen LogP contribution in [-0.2, 0) is 8.85 Å². The van der Waals surface area contributed by atoms with Gasteiger partial charge in [-0.1, -0.05) is 33.6 Å². The Morgan fingerprint density at radius 3 is 1.57 bits per heavy atom. The molecule has 86 valence electrons. The lowest BCUT2D eigenvalue weighted by molar-refractivity contribution is 0.170. The second-order valence-corrected chi connectivity index (χ2v) is 7.44. The highest BCUT2D eigenvalue weighted by Crippen LogP contribution is 2.14. The van der Waals surface area contributed by atoms with Crippen molar-refractivity contribution in [3.63, 3.8) is 0 Å². The fraction of sp³-hybridized carbons (Fsp3) is 1.00. The second-order valence-electron chi connectivity index (χ2n) is 3.89. The van der Waals surface area contributed by atoms with Gasteiger partial charge < -0.3 is 8.85 Å². The number of hydrogen-bond acceptors (Lipinski definition) is 2. The highest BCUT2D eigenvalue weighted by molar-refractivity contribution is 6.65. The maximum Gasteiger partial charge on any atom is 0.334 e. The minimum atomic E-state index is -1.80. The average Bonchev–Trinajstić information content (AvgIpc) is 2.19. The van der Waals surface area contributed by atoms with Crippen molar-refractivity contribution in [3.8, 4) is 0 Å². The first-order chi connectivity index (χ1) is 6.68. The smallest absolute Gasteiger partial charge is 0.334 e. The molecule has 0 heterocycles. The van der Waals surface area contributed by atoms with Crippen LogP contribution in [-0.4, -0.2) is 21.8 Å². The molecule has 0 atom stereocenters. The molecule has 0 aliphatic heterocycles. The van der Waals surface area contributed by atoms with Crippen LogP contribution in [0.25, 0.3) is 0 Å². The molecule has 14 heavy (non-hydrogen) atoms. The van der Waals surface area contributed by atoms with E-state index in [1.165, 1.54) is 12.8 Å². The molecular weight excluding hydrogens is 192 g/mol. The van der Waals surface area contributed by atoms with Crippen LogP contribution in [0.15, 0.2) is 0 Å². The summed E-state index contributed by atoms with van der Waals surface area (Å²) < 4.78 is 11.8. The van der Waals surface area contributed by atoms with E-state index in [-0.39, 0.29) is 0 Å². The summed E-state index contributed by atoms with van der Waals surface area (Å²) >= 11 is 0. The third kappa shape index (κ3) is 6.57. The Hall–Kier alpha value is 0.137. The molecule has 0 aliphatic rings. The lowest BCUT2D eigenvalue weighted by atomic mass is 10.4. The number of rotatable bonds is 9. The van der Waals surface area contributed by atoms with Gasteiger partial charge in [0.1, 0.15) is 0 Å². The molecule has 0 aliphatic carbocycles. The molecule has 0 aromatic rings. The lowest BCUT2D eigenvalue weighted by Crippen LogP contribution is -2.38. The van der Waals surface area contributed by atoms with Gasteiger partial charge in [0.2, 0.25) is 0 Å². The Morgan fingerprint density at radius 2 is 1.29 bits per heavy atom. The van der Waals surface area contributed by atoms with Crippen molar-refractivity contribution < 1.29 is 8.85 Å². The maximum absolute atomic E-state index is 5.88. The molecule has 0 aromatic heterocycles. The molecule has 0 aromatic carbocycles. The van der Waals surface area contributed by atoms with Crippen molar-refractivity contribution in [2.24, 2.45) is 0 Å². The summed E-state index contributed by atoms with van der Waals surface area (Å²) in [5, 5.41) is 0. The van der Waals surface area contributed by atoms with Crippen molar-refractivity contribution in [1.29, 1.82) is 0 Å². The van der Waals surface area contributed by atoms with E-state index in [0.29, 0.717) is 0 Å². The molecule has 2 nitrogen and oxygen atoms in total. The monoisotopic (exact) mass is 218 g/mol. The topological polar surface area (TPSA) is 18.5 Å². The van der Waals surface area contributed by atoms with E-state index in [2.05, 4.69) is 27.3 Å². The summed E-state index contributed by atoms with van der Waals surface area (Å²) in [5.74, 6) is 0. The van der Waals surface area contributed by atoms with Gasteiger partial charge in [-0.05, 0) is 25.4 Å². The molecule has 0 amide bonds. The molecule has 0 saturated heterocycles. The van der Waals surface area contributed by atoms with Gasteiger partial charge >= 0.3 is 8.56 Å². The first-order valence-electron chi connectivity index (χ1n) is 5.96. The molecule has 0 rings (SSSR count). The molecule has 0 unspecified atom stereocenters. The minimum absolute atomic E-state index is 0.874. The van der Waals surface area contributed by atoms with Gasteiger partial charge in [0, 0.05) is 13.2 Å². The SMILES string of the molecule is CCCCO[Si](C)(CC)OCCCC. The van der Waals surface area contributed by atoms with Crippen molar-refractivity contribution >= 4 is 8.56 Å². The zero-order chi connectivity index (χ0) is 10.9. The van der Waals surface area contributed by atoms with Gasteiger partial charge in [0.25, 0.3) is 0 Å². The molecular formula is C11H26O2Si. The lowest BCUT2D eigenvalue weighted by Gasteiger charge is -2.25. The summed E-state index contributed by atoms with van der Waals surface area (Å²) in [7, 11) is -1.80. The molecule has 0 N–H and O–H groups in total. The van der Waals surface area contributed by atoms with Crippen molar-refractivity contribution in [2.75, 3.05) is 13.2 Å². The van der Waals surface area contributed by atoms with Crippen LogP contribution >= 0.6 is 0 Å². The predicted octanol–water partition coefficient (Wildman–Crippen LogP) is 3.71. The van der Waals surface area contributed by atoms with Crippen LogP contribution in [0.5, 0.6) is 0 Å². The van der Waals surface area contributed by atoms with Crippen LogP contribution in [0.4, 0.5) is 0 Å². The third-order valence-electron chi connectivity index (χ3n) is 2.45. The maximum atomic E-state index is 5.88. The largest absolute Gasteiger partial charge is 0.394 e. The van der Waals surface area contributed by atoms with Gasteiger partial charge in [-0.25, -0.2) is 0 Å². The highest BCUT2D eigenvalue weighted by Gasteiger charge is 2.28. The molecule has 0 radical (unpaired) electrons. The molecule has 0 spiro atoms. The van der Waals surface area contributed by atoms with E-state index < -0.39 is 8.56 Å². The van der Waals surface area contributed by atoms with Crippen molar-refractivity contribution in [2.45, 2.75) is 59.0 Å². The van der Waals surface area contributed by atoms with Crippen LogP contribution in [0.3, 0.4) is 0 Å². The number of hydrogen-bond donors (Lipinski definition) is 0. The van der Waals surface area contributed by atoms with Crippen LogP contribution in [0.2, 0.25) is 12.6 Å². The van der Waals surface area contributed by atoms with Gasteiger partial charge in [-0.2, -0.15) is 0 Å². The Balaban J connectivity index is 3.67. The normalized spacial score (nSPS) is 12.0. The standard InChI is InChI=1S/C11H26O2Si/c1-5-8-10-12-14(4,7-3)13-11-9-6-2/h5-11H2,1-4H3. The van der Waals surface area contributed by atoms with E-state index in [4.69, 9.17) is 8.85 Å².